The highest BCUT2D eigenvalue weighted by Crippen LogP contribution is 2.42. The van der Waals surface area contributed by atoms with E-state index >= 15 is 0 Å². The van der Waals surface area contributed by atoms with Crippen molar-refractivity contribution in [1.82, 2.24) is 9.97 Å². The molecule has 0 saturated heterocycles. The number of hydrogen-bond donors (Lipinski definition) is 1. The SMILES string of the molecule is COc1ncc(C2(C)CSc3cc(C#N)ccc3N2)nc1OC. The second kappa shape index (κ2) is 5.97. The number of methoxy groups -OCH3 is 2. The average molecular weight is 328 g/mol. The van der Waals surface area contributed by atoms with E-state index in [4.69, 9.17) is 14.7 Å². The standard InChI is InChI=1S/C16H16N4O2S/c1-16(13-8-18-14(21-2)15(19-13)22-3)9-23-12-6-10(7-17)4-5-11(12)20-16/h4-6,8,20H,9H2,1-3H3. The lowest BCUT2D eigenvalue weighted by Crippen LogP contribution is -2.38. The Hall–Kier alpha value is -2.46. The number of benzene rings is 1. The number of anilines is 1. The van der Waals surface area contributed by atoms with Gasteiger partial charge in [0.05, 0.1) is 43.3 Å². The molecule has 0 spiro atoms. The summed E-state index contributed by atoms with van der Waals surface area (Å²) >= 11 is 1.69. The first-order chi connectivity index (χ1) is 11.1. The molecule has 0 saturated carbocycles. The Labute approximate surface area is 138 Å². The molecule has 3 rings (SSSR count). The zero-order valence-corrected chi connectivity index (χ0v) is 13.9. The summed E-state index contributed by atoms with van der Waals surface area (Å²) in [5, 5.41) is 12.5. The third kappa shape index (κ3) is 2.78. The number of thioether (sulfide) groups is 1. The molecule has 7 heteroatoms. The van der Waals surface area contributed by atoms with Crippen LogP contribution in [0.1, 0.15) is 18.2 Å². The molecular weight excluding hydrogens is 312 g/mol. The molecule has 1 aromatic carbocycles. The van der Waals surface area contributed by atoms with E-state index in [1.54, 1.807) is 31.1 Å². The fraction of sp³-hybridized carbons (Fsp3) is 0.312. The number of rotatable bonds is 3. The monoisotopic (exact) mass is 328 g/mol. The molecule has 0 radical (unpaired) electrons. The number of nitriles is 1. The summed E-state index contributed by atoms with van der Waals surface area (Å²) in [6.07, 6.45) is 1.70. The number of fused-ring (bicyclic) bond motifs is 1. The van der Waals surface area contributed by atoms with Crippen LogP contribution in [0.3, 0.4) is 0 Å². The smallest absolute Gasteiger partial charge is 0.278 e. The summed E-state index contributed by atoms with van der Waals surface area (Å²) in [4.78, 5) is 9.86. The lowest BCUT2D eigenvalue weighted by molar-refractivity contribution is 0.327. The molecule has 1 unspecified atom stereocenters. The molecule has 1 aromatic heterocycles. The molecule has 1 aliphatic rings. The molecule has 2 aromatic rings. The van der Waals surface area contributed by atoms with Crippen molar-refractivity contribution < 1.29 is 9.47 Å². The zero-order chi connectivity index (χ0) is 16.4. The predicted molar refractivity (Wildman–Crippen MR) is 88.0 cm³/mol. The summed E-state index contributed by atoms with van der Waals surface area (Å²) in [7, 11) is 3.08. The molecule has 0 fully saturated rings. The van der Waals surface area contributed by atoms with Crippen LogP contribution in [0.15, 0.2) is 29.3 Å². The Kier molecular flexibility index (Phi) is 4.01. The Morgan fingerprint density at radius 1 is 1.30 bits per heavy atom. The van der Waals surface area contributed by atoms with E-state index in [-0.39, 0.29) is 0 Å². The van der Waals surface area contributed by atoms with Gasteiger partial charge in [-0.1, -0.05) is 0 Å². The first kappa shape index (κ1) is 15.4. The van der Waals surface area contributed by atoms with E-state index in [1.165, 1.54) is 7.11 Å². The molecule has 1 aliphatic heterocycles. The highest BCUT2D eigenvalue weighted by atomic mass is 32.2. The zero-order valence-electron chi connectivity index (χ0n) is 13.1. The number of aromatic nitrogens is 2. The molecule has 1 atom stereocenters. The lowest BCUT2D eigenvalue weighted by Gasteiger charge is -2.36. The summed E-state index contributed by atoms with van der Waals surface area (Å²) in [6.45, 7) is 2.07. The third-order valence-corrected chi connectivity index (χ3v) is 5.07. The van der Waals surface area contributed by atoms with Crippen LogP contribution in [0.2, 0.25) is 0 Å². The van der Waals surface area contributed by atoms with Crippen molar-refractivity contribution in [3.05, 3.63) is 35.7 Å². The van der Waals surface area contributed by atoms with Gasteiger partial charge < -0.3 is 14.8 Å². The van der Waals surface area contributed by atoms with Crippen LogP contribution in [0.25, 0.3) is 0 Å². The second-order valence-electron chi connectivity index (χ2n) is 5.34. The van der Waals surface area contributed by atoms with Crippen molar-refractivity contribution in [2.24, 2.45) is 0 Å². The van der Waals surface area contributed by atoms with Crippen molar-refractivity contribution in [3.8, 4) is 17.8 Å². The van der Waals surface area contributed by atoms with Gasteiger partial charge in [-0.05, 0) is 25.1 Å². The van der Waals surface area contributed by atoms with Crippen LogP contribution >= 0.6 is 11.8 Å². The summed E-state index contributed by atoms with van der Waals surface area (Å²) in [5.41, 5.74) is 2.03. The molecule has 0 amide bonds. The minimum absolute atomic E-state index is 0.363. The largest absolute Gasteiger partial charge is 0.477 e. The predicted octanol–water partition coefficient (Wildman–Crippen LogP) is 2.80. The van der Waals surface area contributed by atoms with E-state index in [9.17, 15) is 0 Å². The van der Waals surface area contributed by atoms with Gasteiger partial charge >= 0.3 is 0 Å². The number of nitrogens with zero attached hydrogens (tertiary/aromatic N) is 3. The Balaban J connectivity index is 1.96. The maximum atomic E-state index is 9.00. The Morgan fingerprint density at radius 2 is 2.09 bits per heavy atom. The minimum atomic E-state index is -0.390. The molecule has 1 N–H and O–H groups in total. The fourth-order valence-corrected chi connectivity index (χ4v) is 3.56. The fourth-order valence-electron chi connectivity index (χ4n) is 2.41. The van der Waals surface area contributed by atoms with Crippen LogP contribution in [0.4, 0.5) is 5.69 Å². The molecule has 6 nitrogen and oxygen atoms in total. The number of hydrogen-bond acceptors (Lipinski definition) is 7. The molecule has 2 heterocycles. The topological polar surface area (TPSA) is 80.1 Å². The van der Waals surface area contributed by atoms with Crippen LogP contribution in [0.5, 0.6) is 11.8 Å². The highest BCUT2D eigenvalue weighted by Gasteiger charge is 2.34. The van der Waals surface area contributed by atoms with Gasteiger partial charge in [0.2, 0.25) is 0 Å². The van der Waals surface area contributed by atoms with Gasteiger partial charge in [-0.25, -0.2) is 9.97 Å². The molecule has 0 bridgehead atoms. The van der Waals surface area contributed by atoms with E-state index in [0.29, 0.717) is 17.3 Å². The maximum absolute atomic E-state index is 9.00. The van der Waals surface area contributed by atoms with E-state index < -0.39 is 5.54 Å². The first-order valence-electron chi connectivity index (χ1n) is 7.00. The molecular formula is C16H16N4O2S. The van der Waals surface area contributed by atoms with Crippen LogP contribution in [-0.2, 0) is 5.54 Å². The Bertz CT molecular complexity index is 790. The van der Waals surface area contributed by atoms with Crippen molar-refractivity contribution in [2.45, 2.75) is 17.4 Å². The summed E-state index contributed by atoms with van der Waals surface area (Å²) < 4.78 is 10.4. The normalized spacial score (nSPS) is 19.2. The first-order valence-corrected chi connectivity index (χ1v) is 7.99. The van der Waals surface area contributed by atoms with E-state index in [1.807, 2.05) is 12.1 Å². The third-order valence-electron chi connectivity index (χ3n) is 3.70. The van der Waals surface area contributed by atoms with Gasteiger partial charge in [0.1, 0.15) is 0 Å². The number of nitrogens with one attached hydrogen (secondary N) is 1. The average Bonchev–Trinajstić information content (AvgIpc) is 2.60. The van der Waals surface area contributed by atoms with Gasteiger partial charge in [0.25, 0.3) is 11.8 Å². The van der Waals surface area contributed by atoms with Crippen molar-refractivity contribution >= 4 is 17.4 Å². The van der Waals surface area contributed by atoms with Gasteiger partial charge in [0, 0.05) is 16.3 Å². The Morgan fingerprint density at radius 3 is 2.78 bits per heavy atom. The van der Waals surface area contributed by atoms with E-state index in [0.717, 1.165) is 22.0 Å². The van der Waals surface area contributed by atoms with Crippen LogP contribution < -0.4 is 14.8 Å². The molecule has 0 aliphatic carbocycles. The number of ether oxygens (including phenoxy) is 2. The van der Waals surface area contributed by atoms with Gasteiger partial charge in [-0.3, -0.25) is 0 Å². The van der Waals surface area contributed by atoms with Gasteiger partial charge in [-0.15, -0.1) is 11.8 Å². The van der Waals surface area contributed by atoms with E-state index in [2.05, 4.69) is 28.3 Å². The highest BCUT2D eigenvalue weighted by molar-refractivity contribution is 7.99. The summed E-state index contributed by atoms with van der Waals surface area (Å²) in [5.74, 6) is 1.49. The second-order valence-corrected chi connectivity index (χ2v) is 6.36. The molecule has 23 heavy (non-hydrogen) atoms. The van der Waals surface area contributed by atoms with Gasteiger partial charge in [-0.2, -0.15) is 5.26 Å². The quantitative estimate of drug-likeness (QED) is 0.928. The van der Waals surface area contributed by atoms with Crippen LogP contribution in [-0.4, -0.2) is 29.9 Å². The van der Waals surface area contributed by atoms with Crippen molar-refractivity contribution in [3.63, 3.8) is 0 Å². The van der Waals surface area contributed by atoms with Gasteiger partial charge in [0.15, 0.2) is 0 Å². The summed E-state index contributed by atoms with van der Waals surface area (Å²) in [6, 6.07) is 7.79. The maximum Gasteiger partial charge on any atom is 0.278 e. The van der Waals surface area contributed by atoms with Crippen molar-refractivity contribution in [1.29, 1.82) is 5.26 Å². The minimum Gasteiger partial charge on any atom is -0.477 e. The molecule has 118 valence electrons. The van der Waals surface area contributed by atoms with Crippen molar-refractivity contribution in [2.75, 3.05) is 25.3 Å². The van der Waals surface area contributed by atoms with Crippen LogP contribution in [0, 0.1) is 11.3 Å². The lowest BCUT2D eigenvalue weighted by atomic mass is 9.99.